The van der Waals surface area contributed by atoms with Crippen LogP contribution in [0.4, 0.5) is 0 Å². The third-order valence-corrected chi connectivity index (χ3v) is 6.09. The highest BCUT2D eigenvalue weighted by molar-refractivity contribution is 5.83. The zero-order chi connectivity index (χ0) is 25.4. The molecule has 3 aromatic carbocycles. The van der Waals surface area contributed by atoms with Gasteiger partial charge >= 0.3 is 0 Å². The molecule has 0 heterocycles. The molecule has 186 valence electrons. The highest BCUT2D eigenvalue weighted by Crippen LogP contribution is 2.22. The first-order valence-corrected chi connectivity index (χ1v) is 11.9. The second-order valence-electron chi connectivity index (χ2n) is 9.81. The molecule has 0 saturated heterocycles. The number of nitrogens with one attached hydrogen (secondary N) is 2. The van der Waals surface area contributed by atoms with E-state index >= 15 is 0 Å². The van der Waals surface area contributed by atoms with E-state index in [4.69, 9.17) is 0 Å². The summed E-state index contributed by atoms with van der Waals surface area (Å²) in [5, 5.41) is 37.4. The van der Waals surface area contributed by atoms with E-state index < -0.39 is 0 Å². The Morgan fingerprint density at radius 1 is 0.714 bits per heavy atom. The largest absolute Gasteiger partial charge is 0.508 e. The van der Waals surface area contributed by atoms with Gasteiger partial charge in [0, 0.05) is 61.0 Å². The van der Waals surface area contributed by atoms with E-state index in [2.05, 4.69) is 22.5 Å². The molecule has 0 amide bonds. The Labute approximate surface area is 208 Å². The van der Waals surface area contributed by atoms with Crippen molar-refractivity contribution in [1.29, 1.82) is 0 Å². The van der Waals surface area contributed by atoms with E-state index in [-0.39, 0.29) is 22.7 Å². The SMILES string of the molecule is Cc1ccc(O)c(C=NCC(C)(CNCc2cc(C)ccc2O)CNCc2cc(C)ccc2O)c1. The number of phenolic OH excluding ortho intramolecular Hbond substituents is 3. The zero-order valence-corrected chi connectivity index (χ0v) is 21.1. The van der Waals surface area contributed by atoms with Crippen molar-refractivity contribution in [3.05, 3.63) is 88.0 Å². The van der Waals surface area contributed by atoms with Crippen molar-refractivity contribution in [2.45, 2.75) is 40.8 Å². The average Bonchev–Trinajstić information content (AvgIpc) is 2.81. The van der Waals surface area contributed by atoms with Crippen LogP contribution in [0.3, 0.4) is 0 Å². The Bertz CT molecular complexity index is 1120. The first-order chi connectivity index (χ1) is 16.6. The number of nitrogens with zero attached hydrogens (tertiary/aromatic N) is 1. The second kappa shape index (κ2) is 11.9. The summed E-state index contributed by atoms with van der Waals surface area (Å²) in [5.41, 5.74) is 5.42. The van der Waals surface area contributed by atoms with Crippen LogP contribution in [0, 0.1) is 26.2 Å². The van der Waals surface area contributed by atoms with Gasteiger partial charge in [0.25, 0.3) is 0 Å². The molecule has 0 aromatic heterocycles. The molecule has 3 rings (SSSR count). The summed E-state index contributed by atoms with van der Waals surface area (Å²) in [7, 11) is 0. The monoisotopic (exact) mass is 475 g/mol. The Kier molecular flexibility index (Phi) is 8.90. The summed E-state index contributed by atoms with van der Waals surface area (Å²) >= 11 is 0. The molecule has 0 fully saturated rings. The van der Waals surface area contributed by atoms with Gasteiger partial charge in [-0.25, -0.2) is 0 Å². The molecule has 0 unspecified atom stereocenters. The zero-order valence-electron chi connectivity index (χ0n) is 21.1. The molecule has 0 bridgehead atoms. The molecule has 3 aromatic rings. The Hall–Kier alpha value is -3.35. The maximum absolute atomic E-state index is 10.2. The summed E-state index contributed by atoms with van der Waals surface area (Å²) in [6.45, 7) is 11.1. The lowest BCUT2D eigenvalue weighted by atomic mass is 9.90. The molecule has 5 N–H and O–H groups in total. The summed E-state index contributed by atoms with van der Waals surface area (Å²) in [6.07, 6.45) is 1.72. The number of rotatable bonds is 11. The number of hydrogen-bond acceptors (Lipinski definition) is 6. The predicted molar refractivity (Wildman–Crippen MR) is 143 cm³/mol. The lowest BCUT2D eigenvalue weighted by Gasteiger charge is -2.29. The van der Waals surface area contributed by atoms with Crippen molar-refractivity contribution >= 4 is 6.21 Å². The maximum Gasteiger partial charge on any atom is 0.124 e. The lowest BCUT2D eigenvalue weighted by molar-refractivity contribution is 0.296. The number of aliphatic imine (C=N–C) groups is 1. The van der Waals surface area contributed by atoms with Gasteiger partial charge in [0.2, 0.25) is 0 Å². The molecule has 0 aliphatic rings. The van der Waals surface area contributed by atoms with Crippen LogP contribution in [0.15, 0.2) is 59.6 Å². The van der Waals surface area contributed by atoms with E-state index in [0.29, 0.717) is 38.3 Å². The fourth-order valence-corrected chi connectivity index (χ4v) is 4.03. The standard InChI is InChI=1S/C29H37N3O3/c1-20-5-8-26(33)23(11-20)14-30-17-29(4,18-31-15-24-12-21(2)6-9-27(24)34)19-32-16-25-13-22(3)7-10-28(25)35/h5-14,31-35H,15-19H2,1-4H3. The van der Waals surface area contributed by atoms with Crippen LogP contribution in [0.2, 0.25) is 0 Å². The smallest absolute Gasteiger partial charge is 0.124 e. The lowest BCUT2D eigenvalue weighted by Crippen LogP contribution is -2.42. The van der Waals surface area contributed by atoms with Crippen molar-refractivity contribution in [2.75, 3.05) is 19.6 Å². The number of aryl methyl sites for hydroxylation is 3. The first-order valence-electron chi connectivity index (χ1n) is 11.9. The van der Waals surface area contributed by atoms with Gasteiger partial charge in [0.1, 0.15) is 17.2 Å². The van der Waals surface area contributed by atoms with Crippen molar-refractivity contribution in [3.63, 3.8) is 0 Å². The van der Waals surface area contributed by atoms with E-state index in [1.165, 1.54) is 0 Å². The first kappa shape index (κ1) is 26.3. The molecular weight excluding hydrogens is 438 g/mol. The van der Waals surface area contributed by atoms with Gasteiger partial charge in [-0.2, -0.15) is 0 Å². The van der Waals surface area contributed by atoms with Crippen molar-refractivity contribution < 1.29 is 15.3 Å². The predicted octanol–water partition coefficient (Wildman–Crippen LogP) is 4.73. The minimum absolute atomic E-state index is 0.210. The Balaban J connectivity index is 1.68. The molecule has 0 aliphatic carbocycles. The minimum atomic E-state index is -0.255. The quantitative estimate of drug-likeness (QED) is 0.258. The van der Waals surface area contributed by atoms with Crippen LogP contribution in [-0.2, 0) is 13.1 Å². The Morgan fingerprint density at radius 3 is 1.69 bits per heavy atom. The van der Waals surface area contributed by atoms with E-state index in [1.807, 2.05) is 57.2 Å². The van der Waals surface area contributed by atoms with Crippen LogP contribution in [-0.4, -0.2) is 41.2 Å². The molecule has 0 radical (unpaired) electrons. The average molecular weight is 476 g/mol. The van der Waals surface area contributed by atoms with Crippen LogP contribution >= 0.6 is 0 Å². The van der Waals surface area contributed by atoms with Crippen LogP contribution in [0.5, 0.6) is 17.2 Å². The summed E-state index contributed by atoms with van der Waals surface area (Å²) in [4.78, 5) is 4.67. The highest BCUT2D eigenvalue weighted by Gasteiger charge is 2.24. The topological polar surface area (TPSA) is 97.1 Å². The number of hydrogen-bond donors (Lipinski definition) is 5. The third-order valence-electron chi connectivity index (χ3n) is 6.09. The van der Waals surface area contributed by atoms with Crippen molar-refractivity contribution in [3.8, 4) is 17.2 Å². The fraction of sp³-hybridized carbons (Fsp3) is 0.345. The van der Waals surface area contributed by atoms with Crippen LogP contribution in [0.1, 0.15) is 40.3 Å². The Morgan fingerprint density at radius 2 is 1.17 bits per heavy atom. The highest BCUT2D eigenvalue weighted by atomic mass is 16.3. The van der Waals surface area contributed by atoms with Crippen LogP contribution < -0.4 is 10.6 Å². The molecule has 0 aliphatic heterocycles. The van der Waals surface area contributed by atoms with E-state index in [0.717, 1.165) is 27.8 Å². The molecule has 0 spiro atoms. The molecule has 6 heteroatoms. The molecule has 6 nitrogen and oxygen atoms in total. The summed E-state index contributed by atoms with van der Waals surface area (Å²) in [6, 6.07) is 16.7. The molecule has 35 heavy (non-hydrogen) atoms. The van der Waals surface area contributed by atoms with Crippen LogP contribution in [0.25, 0.3) is 0 Å². The number of aromatic hydroxyl groups is 3. The van der Waals surface area contributed by atoms with Gasteiger partial charge in [0.05, 0.1) is 0 Å². The molecule has 0 saturated carbocycles. The van der Waals surface area contributed by atoms with Gasteiger partial charge in [0.15, 0.2) is 0 Å². The van der Waals surface area contributed by atoms with Gasteiger partial charge in [-0.3, -0.25) is 4.99 Å². The molecule has 0 atom stereocenters. The van der Waals surface area contributed by atoms with E-state index in [9.17, 15) is 15.3 Å². The molecular formula is C29H37N3O3. The van der Waals surface area contributed by atoms with Gasteiger partial charge in [-0.05, 0) is 45.0 Å². The maximum atomic E-state index is 10.2. The van der Waals surface area contributed by atoms with Gasteiger partial charge in [-0.15, -0.1) is 0 Å². The number of phenols is 3. The normalized spacial score (nSPS) is 11.9. The van der Waals surface area contributed by atoms with E-state index in [1.54, 1.807) is 24.4 Å². The van der Waals surface area contributed by atoms with Gasteiger partial charge < -0.3 is 26.0 Å². The van der Waals surface area contributed by atoms with Crippen molar-refractivity contribution in [1.82, 2.24) is 10.6 Å². The summed E-state index contributed by atoms with van der Waals surface area (Å²) in [5.74, 6) is 0.777. The van der Waals surface area contributed by atoms with Gasteiger partial charge in [-0.1, -0.05) is 53.9 Å². The second-order valence-corrected chi connectivity index (χ2v) is 9.81. The fourth-order valence-electron chi connectivity index (χ4n) is 4.03. The number of benzene rings is 3. The third kappa shape index (κ3) is 7.84. The minimum Gasteiger partial charge on any atom is -0.508 e. The van der Waals surface area contributed by atoms with Crippen molar-refractivity contribution in [2.24, 2.45) is 10.4 Å². The summed E-state index contributed by atoms with van der Waals surface area (Å²) < 4.78 is 0.